The van der Waals surface area contributed by atoms with Crippen LogP contribution in [0.4, 0.5) is 0 Å². The molecule has 100 valence electrons. The van der Waals surface area contributed by atoms with Crippen LogP contribution in [0.5, 0.6) is 0 Å². The molecule has 0 radical (unpaired) electrons. The van der Waals surface area contributed by atoms with Crippen LogP contribution in [0.1, 0.15) is 19.3 Å². The van der Waals surface area contributed by atoms with Gasteiger partial charge in [-0.2, -0.15) is 0 Å². The highest BCUT2D eigenvalue weighted by Gasteiger charge is 2.04. The number of hydrogen-bond acceptors (Lipinski definition) is 5. The summed E-state index contributed by atoms with van der Waals surface area (Å²) in [5.41, 5.74) is 3.09. The highest BCUT2D eigenvalue weighted by molar-refractivity contribution is 7.99. The Morgan fingerprint density at radius 3 is 2.95 bits per heavy atom. The van der Waals surface area contributed by atoms with E-state index >= 15 is 0 Å². The van der Waals surface area contributed by atoms with E-state index in [1.807, 2.05) is 24.3 Å². The molecule has 0 aliphatic heterocycles. The maximum atomic E-state index is 11.0. The Morgan fingerprint density at radius 2 is 2.11 bits per heavy atom. The molecule has 0 aliphatic rings. The van der Waals surface area contributed by atoms with Crippen molar-refractivity contribution in [1.29, 1.82) is 0 Å². The number of fused-ring (bicyclic) bond motifs is 1. The summed E-state index contributed by atoms with van der Waals surface area (Å²) in [7, 11) is 0. The molecule has 0 saturated carbocycles. The van der Waals surface area contributed by atoms with E-state index < -0.39 is 0 Å². The van der Waals surface area contributed by atoms with E-state index in [0.29, 0.717) is 6.42 Å². The van der Waals surface area contributed by atoms with Crippen molar-refractivity contribution in [2.45, 2.75) is 24.3 Å². The summed E-state index contributed by atoms with van der Waals surface area (Å²) in [4.78, 5) is 19.5. The van der Waals surface area contributed by atoms with Crippen LogP contribution in [-0.4, -0.2) is 21.6 Å². The zero-order chi connectivity index (χ0) is 13.5. The second kappa shape index (κ2) is 7.06. The molecular formula is C13H16N4OS. The zero-order valence-electron chi connectivity index (χ0n) is 10.5. The highest BCUT2D eigenvalue weighted by Crippen LogP contribution is 2.24. The van der Waals surface area contributed by atoms with Crippen LogP contribution in [0.25, 0.3) is 10.9 Å². The summed E-state index contributed by atoms with van der Waals surface area (Å²) in [5.74, 6) is 5.83. The summed E-state index contributed by atoms with van der Waals surface area (Å²) in [6.45, 7) is 0. The fourth-order valence-corrected chi connectivity index (χ4v) is 2.72. The number of nitrogens with two attached hydrogens (primary N) is 1. The van der Waals surface area contributed by atoms with Crippen molar-refractivity contribution in [2.24, 2.45) is 5.84 Å². The van der Waals surface area contributed by atoms with Gasteiger partial charge in [0.25, 0.3) is 0 Å². The van der Waals surface area contributed by atoms with Crippen LogP contribution in [0.3, 0.4) is 0 Å². The van der Waals surface area contributed by atoms with E-state index in [-0.39, 0.29) is 5.91 Å². The number of amides is 1. The molecule has 0 saturated heterocycles. The minimum absolute atomic E-state index is 0.113. The topological polar surface area (TPSA) is 80.9 Å². The van der Waals surface area contributed by atoms with Crippen LogP contribution < -0.4 is 11.3 Å². The minimum atomic E-state index is -0.113. The summed E-state index contributed by atoms with van der Waals surface area (Å²) in [5, 5.41) is 2.07. The van der Waals surface area contributed by atoms with Crippen molar-refractivity contribution in [1.82, 2.24) is 15.4 Å². The van der Waals surface area contributed by atoms with Gasteiger partial charge in [-0.3, -0.25) is 10.2 Å². The third-order valence-electron chi connectivity index (χ3n) is 2.70. The van der Waals surface area contributed by atoms with Crippen molar-refractivity contribution in [3.8, 4) is 0 Å². The summed E-state index contributed by atoms with van der Waals surface area (Å²) >= 11 is 1.70. The van der Waals surface area contributed by atoms with Gasteiger partial charge < -0.3 is 0 Å². The standard InChI is InChI=1S/C13H16N4OS/c14-17-12(18)7-3-4-8-19-13-10-5-1-2-6-11(10)15-9-16-13/h1-2,5-6,9H,3-4,7-8,14H2,(H,17,18). The number of hydrogen-bond donors (Lipinski definition) is 2. The predicted octanol–water partition coefficient (Wildman–Crippen LogP) is 1.88. The first-order chi connectivity index (χ1) is 9.31. The van der Waals surface area contributed by atoms with Crippen molar-refractivity contribution >= 4 is 28.6 Å². The number of carbonyl (C=O) groups is 1. The molecule has 0 spiro atoms. The Morgan fingerprint density at radius 1 is 1.26 bits per heavy atom. The lowest BCUT2D eigenvalue weighted by Crippen LogP contribution is -2.29. The molecule has 1 aromatic carbocycles. The third kappa shape index (κ3) is 3.90. The lowest BCUT2D eigenvalue weighted by atomic mass is 10.2. The van der Waals surface area contributed by atoms with Gasteiger partial charge in [-0.25, -0.2) is 15.8 Å². The second-order valence-electron chi connectivity index (χ2n) is 4.07. The van der Waals surface area contributed by atoms with E-state index in [4.69, 9.17) is 5.84 Å². The number of para-hydroxylation sites is 1. The first kappa shape index (κ1) is 13.8. The molecule has 19 heavy (non-hydrogen) atoms. The lowest BCUT2D eigenvalue weighted by Gasteiger charge is -2.04. The van der Waals surface area contributed by atoms with Crippen molar-refractivity contribution in [3.05, 3.63) is 30.6 Å². The average molecular weight is 276 g/mol. The summed E-state index contributed by atoms with van der Waals surface area (Å²) in [6, 6.07) is 7.96. The molecule has 2 rings (SSSR count). The van der Waals surface area contributed by atoms with Crippen LogP contribution >= 0.6 is 11.8 Å². The molecule has 2 aromatic rings. The van der Waals surface area contributed by atoms with Crippen molar-refractivity contribution in [3.63, 3.8) is 0 Å². The molecular weight excluding hydrogens is 260 g/mol. The summed E-state index contributed by atoms with van der Waals surface area (Å²) in [6.07, 6.45) is 3.85. The predicted molar refractivity (Wildman–Crippen MR) is 76.4 cm³/mol. The van der Waals surface area contributed by atoms with Crippen LogP contribution in [0, 0.1) is 0 Å². The number of benzene rings is 1. The van der Waals surface area contributed by atoms with E-state index in [2.05, 4.69) is 15.4 Å². The first-order valence-corrected chi connectivity index (χ1v) is 7.12. The fraction of sp³-hybridized carbons (Fsp3) is 0.308. The average Bonchev–Trinajstić information content (AvgIpc) is 2.46. The van der Waals surface area contributed by atoms with Crippen molar-refractivity contribution in [2.75, 3.05) is 5.75 Å². The smallest absolute Gasteiger partial charge is 0.233 e. The maximum absolute atomic E-state index is 11.0. The van der Waals surface area contributed by atoms with Crippen molar-refractivity contribution < 1.29 is 4.79 Å². The molecule has 0 unspecified atom stereocenters. The molecule has 1 aromatic heterocycles. The van der Waals surface area contributed by atoms with Gasteiger partial charge in [0.2, 0.25) is 5.91 Å². The lowest BCUT2D eigenvalue weighted by molar-refractivity contribution is -0.121. The van der Waals surface area contributed by atoms with Gasteiger partial charge in [0, 0.05) is 11.8 Å². The van der Waals surface area contributed by atoms with E-state index in [9.17, 15) is 4.79 Å². The Balaban J connectivity index is 1.86. The Hall–Kier alpha value is -1.66. The Labute approximate surface area is 116 Å². The van der Waals surface area contributed by atoms with Gasteiger partial charge in [0.05, 0.1) is 5.52 Å². The molecule has 1 heterocycles. The third-order valence-corrected chi connectivity index (χ3v) is 3.80. The Kier molecular flexibility index (Phi) is 5.11. The molecule has 0 fully saturated rings. The molecule has 3 N–H and O–H groups in total. The van der Waals surface area contributed by atoms with Crippen LogP contribution in [-0.2, 0) is 4.79 Å². The minimum Gasteiger partial charge on any atom is -0.294 e. The quantitative estimate of drug-likeness (QED) is 0.210. The number of carbonyl (C=O) groups excluding carboxylic acids is 1. The van der Waals surface area contributed by atoms with E-state index in [1.165, 1.54) is 0 Å². The number of aromatic nitrogens is 2. The van der Waals surface area contributed by atoms with E-state index in [0.717, 1.165) is 34.5 Å². The molecule has 0 atom stereocenters. The normalized spacial score (nSPS) is 10.6. The number of unbranched alkanes of at least 4 members (excludes halogenated alkanes) is 1. The molecule has 0 aliphatic carbocycles. The number of nitrogens with one attached hydrogen (secondary N) is 1. The highest BCUT2D eigenvalue weighted by atomic mass is 32.2. The van der Waals surface area contributed by atoms with Gasteiger partial charge in [0.1, 0.15) is 11.4 Å². The monoisotopic (exact) mass is 276 g/mol. The number of thioether (sulfide) groups is 1. The number of hydrazine groups is 1. The maximum Gasteiger partial charge on any atom is 0.233 e. The molecule has 0 bridgehead atoms. The van der Waals surface area contributed by atoms with E-state index in [1.54, 1.807) is 18.1 Å². The summed E-state index contributed by atoms with van der Waals surface area (Å²) < 4.78 is 0. The van der Waals surface area contributed by atoms with Gasteiger partial charge in [-0.05, 0) is 24.7 Å². The van der Waals surface area contributed by atoms with Gasteiger partial charge in [-0.1, -0.05) is 18.2 Å². The van der Waals surface area contributed by atoms with Gasteiger partial charge >= 0.3 is 0 Å². The van der Waals surface area contributed by atoms with Crippen LogP contribution in [0.15, 0.2) is 35.6 Å². The zero-order valence-corrected chi connectivity index (χ0v) is 11.3. The first-order valence-electron chi connectivity index (χ1n) is 6.13. The molecule has 6 heteroatoms. The SMILES string of the molecule is NNC(=O)CCCCSc1ncnc2ccccc12. The second-order valence-corrected chi connectivity index (χ2v) is 5.15. The number of nitrogens with zero attached hydrogens (tertiary/aromatic N) is 2. The molecule has 1 amide bonds. The number of rotatable bonds is 6. The fourth-order valence-electron chi connectivity index (χ4n) is 1.72. The van der Waals surface area contributed by atoms with Gasteiger partial charge in [-0.15, -0.1) is 11.8 Å². The Bertz CT molecular complexity index is 556. The van der Waals surface area contributed by atoms with Gasteiger partial charge in [0.15, 0.2) is 0 Å². The molecule has 5 nitrogen and oxygen atoms in total. The largest absolute Gasteiger partial charge is 0.294 e. The van der Waals surface area contributed by atoms with Crippen LogP contribution in [0.2, 0.25) is 0 Å².